The molecule has 0 radical (unpaired) electrons. The van der Waals surface area contributed by atoms with Crippen molar-refractivity contribution in [3.05, 3.63) is 57.7 Å². The highest BCUT2D eigenvalue weighted by atomic mass is 79.9. The number of anilines is 1. The number of para-hydroxylation sites is 1. The van der Waals surface area contributed by atoms with Crippen LogP contribution in [-0.2, 0) is 6.54 Å². The Bertz CT molecular complexity index is 785. The minimum Gasteiger partial charge on any atom is -0.496 e. The predicted octanol–water partition coefficient (Wildman–Crippen LogP) is 5.20. The number of hydrogen-bond acceptors (Lipinski definition) is 2. The molecular weight excluding hydrogens is 352 g/mol. The van der Waals surface area contributed by atoms with E-state index in [2.05, 4.69) is 26.2 Å². The van der Waals surface area contributed by atoms with Crippen molar-refractivity contribution in [1.29, 1.82) is 0 Å². The summed E-state index contributed by atoms with van der Waals surface area (Å²) in [7, 11) is 1.65. The summed E-state index contributed by atoms with van der Waals surface area (Å²) >= 11 is 9.88. The minimum absolute atomic E-state index is 0.631. The molecule has 1 heterocycles. The molecule has 2 aromatic carbocycles. The highest BCUT2D eigenvalue weighted by Gasteiger charge is 2.09. The van der Waals surface area contributed by atoms with Gasteiger partial charge >= 0.3 is 0 Å². The molecule has 0 saturated heterocycles. The van der Waals surface area contributed by atoms with Crippen LogP contribution < -0.4 is 10.1 Å². The number of halogens is 2. The van der Waals surface area contributed by atoms with Gasteiger partial charge in [0.05, 0.1) is 28.8 Å². The van der Waals surface area contributed by atoms with E-state index in [4.69, 9.17) is 16.3 Å². The van der Waals surface area contributed by atoms with E-state index in [9.17, 15) is 0 Å². The SMILES string of the molecule is COc1ccc(NCc2[nH]c3ccccc3c2Cl)cc1Br. The van der Waals surface area contributed by atoms with Crippen molar-refractivity contribution in [2.45, 2.75) is 6.54 Å². The van der Waals surface area contributed by atoms with Gasteiger partial charge in [-0.25, -0.2) is 0 Å². The molecule has 0 atom stereocenters. The molecule has 1 aromatic heterocycles. The van der Waals surface area contributed by atoms with Gasteiger partial charge in [-0.2, -0.15) is 0 Å². The summed E-state index contributed by atoms with van der Waals surface area (Å²) in [5.41, 5.74) is 3.03. The molecule has 5 heteroatoms. The molecule has 21 heavy (non-hydrogen) atoms. The predicted molar refractivity (Wildman–Crippen MR) is 91.3 cm³/mol. The van der Waals surface area contributed by atoms with Gasteiger partial charge in [-0.05, 0) is 40.2 Å². The van der Waals surface area contributed by atoms with E-state index < -0.39 is 0 Å². The van der Waals surface area contributed by atoms with E-state index in [1.54, 1.807) is 7.11 Å². The molecule has 0 unspecified atom stereocenters. The van der Waals surface area contributed by atoms with Crippen molar-refractivity contribution < 1.29 is 4.74 Å². The monoisotopic (exact) mass is 364 g/mol. The van der Waals surface area contributed by atoms with E-state index in [-0.39, 0.29) is 0 Å². The van der Waals surface area contributed by atoms with E-state index in [1.165, 1.54) is 0 Å². The number of H-pyrrole nitrogens is 1. The summed E-state index contributed by atoms with van der Waals surface area (Å²) in [5, 5.41) is 5.17. The minimum atomic E-state index is 0.631. The molecule has 0 spiro atoms. The Labute approximate surface area is 136 Å². The standard InChI is InChI=1S/C16H14BrClN2O/c1-21-15-7-6-10(8-12(15)17)19-9-14-16(18)11-4-2-3-5-13(11)20-14/h2-8,19-20H,9H2,1H3. The number of ether oxygens (including phenoxy) is 1. The Hall–Kier alpha value is -1.65. The van der Waals surface area contributed by atoms with Gasteiger partial charge < -0.3 is 15.0 Å². The van der Waals surface area contributed by atoms with E-state index >= 15 is 0 Å². The zero-order valence-corrected chi connectivity index (χ0v) is 13.8. The summed E-state index contributed by atoms with van der Waals surface area (Å²) in [6.45, 7) is 0.631. The van der Waals surface area contributed by atoms with Crippen LogP contribution >= 0.6 is 27.5 Å². The highest BCUT2D eigenvalue weighted by molar-refractivity contribution is 9.10. The Morgan fingerprint density at radius 2 is 2.05 bits per heavy atom. The van der Waals surface area contributed by atoms with Gasteiger partial charge in [0.25, 0.3) is 0 Å². The van der Waals surface area contributed by atoms with Gasteiger partial charge in [-0.15, -0.1) is 0 Å². The van der Waals surface area contributed by atoms with Gasteiger partial charge in [0.2, 0.25) is 0 Å². The normalized spacial score (nSPS) is 10.8. The molecule has 0 aliphatic carbocycles. The largest absolute Gasteiger partial charge is 0.496 e. The molecule has 0 saturated carbocycles. The lowest BCUT2D eigenvalue weighted by atomic mass is 10.2. The Kier molecular flexibility index (Phi) is 4.08. The second-order valence-electron chi connectivity index (χ2n) is 4.67. The fourth-order valence-corrected chi connectivity index (χ4v) is 3.07. The van der Waals surface area contributed by atoms with Crippen molar-refractivity contribution in [2.75, 3.05) is 12.4 Å². The van der Waals surface area contributed by atoms with Crippen molar-refractivity contribution in [1.82, 2.24) is 4.98 Å². The number of fused-ring (bicyclic) bond motifs is 1. The van der Waals surface area contributed by atoms with E-state index in [1.807, 2.05) is 42.5 Å². The molecule has 0 fully saturated rings. The summed E-state index contributed by atoms with van der Waals surface area (Å²) in [6, 6.07) is 13.9. The first kappa shape index (κ1) is 14.3. The fraction of sp³-hybridized carbons (Fsp3) is 0.125. The average Bonchev–Trinajstić information content (AvgIpc) is 2.82. The molecule has 0 amide bonds. The number of nitrogens with one attached hydrogen (secondary N) is 2. The van der Waals surface area contributed by atoms with Gasteiger partial charge in [-0.3, -0.25) is 0 Å². The molecular formula is C16H14BrClN2O. The maximum Gasteiger partial charge on any atom is 0.133 e. The lowest BCUT2D eigenvalue weighted by Crippen LogP contribution is -2.00. The zero-order chi connectivity index (χ0) is 14.8. The fourth-order valence-electron chi connectivity index (χ4n) is 2.25. The first-order valence-electron chi connectivity index (χ1n) is 6.51. The topological polar surface area (TPSA) is 37.0 Å². The Morgan fingerprint density at radius 3 is 2.76 bits per heavy atom. The van der Waals surface area contributed by atoms with Crippen LogP contribution in [0.2, 0.25) is 5.02 Å². The van der Waals surface area contributed by atoms with Crippen molar-refractivity contribution in [3.8, 4) is 5.75 Å². The van der Waals surface area contributed by atoms with Crippen LogP contribution in [0.4, 0.5) is 5.69 Å². The summed E-state index contributed by atoms with van der Waals surface area (Å²) in [6.07, 6.45) is 0. The average molecular weight is 366 g/mol. The van der Waals surface area contributed by atoms with Crippen LogP contribution in [0.5, 0.6) is 5.75 Å². The third-order valence-electron chi connectivity index (χ3n) is 3.34. The first-order chi connectivity index (χ1) is 10.2. The summed E-state index contributed by atoms with van der Waals surface area (Å²) < 4.78 is 6.13. The maximum atomic E-state index is 6.40. The highest BCUT2D eigenvalue weighted by Crippen LogP contribution is 2.30. The van der Waals surface area contributed by atoms with Crippen LogP contribution in [0.3, 0.4) is 0 Å². The van der Waals surface area contributed by atoms with Gasteiger partial charge in [-0.1, -0.05) is 29.8 Å². The van der Waals surface area contributed by atoms with Crippen molar-refractivity contribution in [3.63, 3.8) is 0 Å². The quantitative estimate of drug-likeness (QED) is 0.666. The van der Waals surface area contributed by atoms with Crippen molar-refractivity contribution >= 4 is 44.1 Å². The molecule has 0 aliphatic heterocycles. The Morgan fingerprint density at radius 1 is 1.24 bits per heavy atom. The number of aromatic nitrogens is 1. The number of aromatic amines is 1. The summed E-state index contributed by atoms with van der Waals surface area (Å²) in [5.74, 6) is 0.809. The zero-order valence-electron chi connectivity index (χ0n) is 11.4. The van der Waals surface area contributed by atoms with Crippen LogP contribution in [0.15, 0.2) is 46.9 Å². The number of benzene rings is 2. The van der Waals surface area contributed by atoms with Crippen LogP contribution in [0, 0.1) is 0 Å². The van der Waals surface area contributed by atoms with Crippen LogP contribution in [0.1, 0.15) is 5.69 Å². The molecule has 3 aromatic rings. The number of methoxy groups -OCH3 is 1. The number of hydrogen-bond donors (Lipinski definition) is 2. The van der Waals surface area contributed by atoms with Gasteiger partial charge in [0, 0.05) is 16.6 Å². The van der Waals surface area contributed by atoms with Gasteiger partial charge in [0.15, 0.2) is 0 Å². The Balaban J connectivity index is 1.80. The second kappa shape index (κ2) is 6.00. The summed E-state index contributed by atoms with van der Waals surface area (Å²) in [4.78, 5) is 3.34. The lowest BCUT2D eigenvalue weighted by molar-refractivity contribution is 0.412. The third-order valence-corrected chi connectivity index (χ3v) is 4.39. The maximum absolute atomic E-state index is 6.40. The molecule has 3 nitrogen and oxygen atoms in total. The van der Waals surface area contributed by atoms with E-state index in [0.29, 0.717) is 6.54 Å². The second-order valence-corrected chi connectivity index (χ2v) is 5.90. The van der Waals surface area contributed by atoms with Crippen LogP contribution in [-0.4, -0.2) is 12.1 Å². The first-order valence-corrected chi connectivity index (χ1v) is 7.68. The molecule has 2 N–H and O–H groups in total. The van der Waals surface area contributed by atoms with Gasteiger partial charge in [0.1, 0.15) is 5.75 Å². The molecule has 0 aliphatic rings. The molecule has 3 rings (SSSR count). The number of rotatable bonds is 4. The smallest absolute Gasteiger partial charge is 0.133 e. The molecule has 0 bridgehead atoms. The molecule has 108 valence electrons. The third kappa shape index (κ3) is 2.87. The van der Waals surface area contributed by atoms with Crippen molar-refractivity contribution in [2.24, 2.45) is 0 Å². The lowest BCUT2D eigenvalue weighted by Gasteiger charge is -2.08. The van der Waals surface area contributed by atoms with E-state index in [0.717, 1.165) is 37.5 Å². The van der Waals surface area contributed by atoms with Crippen LogP contribution in [0.25, 0.3) is 10.9 Å².